The van der Waals surface area contributed by atoms with Gasteiger partial charge in [0, 0.05) is 0 Å². The monoisotopic (exact) mass is 308 g/mol. The van der Waals surface area contributed by atoms with Crippen LogP contribution in [-0.2, 0) is 4.79 Å². The molecule has 3 rings (SSSR count). The maximum atomic E-state index is 12.6. The number of ketones is 1. The van der Waals surface area contributed by atoms with E-state index in [0.29, 0.717) is 31.5 Å². The van der Waals surface area contributed by atoms with Crippen molar-refractivity contribution < 1.29 is 4.79 Å². The van der Waals surface area contributed by atoms with Gasteiger partial charge in [-0.2, -0.15) is 0 Å². The second-order valence-electron chi connectivity index (χ2n) is 6.46. The summed E-state index contributed by atoms with van der Waals surface area (Å²) in [6, 6.07) is 10.7. The Balaban J connectivity index is 1.93. The average molecular weight is 307 g/mol. The molecular weight excluding hydrogens is 287 g/mol. The van der Waals surface area contributed by atoms with Crippen LogP contribution in [0.15, 0.2) is 30.3 Å². The standard InChI is InChI=1S/C16H20OSe/c1-15(2)12-9-10-16(3,14(15)17)13(12)18-11-7-5-4-6-8-11/h4-8,12-13H,9-10H2,1-3H3/t12-,13+,16+/m0/s1. The zero-order chi connectivity index (χ0) is 13.0. The van der Waals surface area contributed by atoms with Gasteiger partial charge in [-0.15, -0.1) is 0 Å². The van der Waals surface area contributed by atoms with Crippen LogP contribution in [0.5, 0.6) is 0 Å². The van der Waals surface area contributed by atoms with Gasteiger partial charge in [0.15, 0.2) is 0 Å². The molecule has 0 unspecified atom stereocenters. The van der Waals surface area contributed by atoms with Crippen LogP contribution >= 0.6 is 0 Å². The van der Waals surface area contributed by atoms with E-state index in [1.165, 1.54) is 10.9 Å². The van der Waals surface area contributed by atoms with E-state index in [0.717, 1.165) is 6.42 Å². The average Bonchev–Trinajstić information content (AvgIpc) is 2.74. The first-order valence-electron chi connectivity index (χ1n) is 6.73. The molecule has 1 aromatic carbocycles. The van der Waals surface area contributed by atoms with E-state index in [2.05, 4.69) is 51.1 Å². The fourth-order valence-electron chi connectivity index (χ4n) is 3.94. The van der Waals surface area contributed by atoms with Gasteiger partial charge in [-0.05, 0) is 0 Å². The molecular formula is C16H20OSe. The molecule has 3 atom stereocenters. The summed E-state index contributed by atoms with van der Waals surface area (Å²) in [5.74, 6) is 1.13. The molecule has 0 aromatic heterocycles. The molecule has 0 saturated heterocycles. The van der Waals surface area contributed by atoms with Crippen molar-refractivity contribution in [1.29, 1.82) is 0 Å². The van der Waals surface area contributed by atoms with Gasteiger partial charge >= 0.3 is 116 Å². The van der Waals surface area contributed by atoms with Gasteiger partial charge < -0.3 is 0 Å². The summed E-state index contributed by atoms with van der Waals surface area (Å²) in [5.41, 5.74) is -0.127. The third-order valence-electron chi connectivity index (χ3n) is 5.01. The Morgan fingerprint density at radius 3 is 2.39 bits per heavy atom. The predicted octanol–water partition coefficient (Wildman–Crippen LogP) is 2.83. The van der Waals surface area contributed by atoms with Crippen molar-refractivity contribution >= 4 is 25.2 Å². The second-order valence-corrected chi connectivity index (χ2v) is 9.01. The molecule has 0 amide bonds. The Bertz CT molecular complexity index is 479. The Hall–Kier alpha value is -0.591. The molecule has 2 bridgehead atoms. The first-order valence-corrected chi connectivity index (χ1v) is 8.57. The van der Waals surface area contributed by atoms with Crippen molar-refractivity contribution in [1.82, 2.24) is 0 Å². The molecule has 0 spiro atoms. The van der Waals surface area contributed by atoms with Crippen molar-refractivity contribution in [2.45, 2.75) is 38.4 Å². The van der Waals surface area contributed by atoms with Crippen molar-refractivity contribution in [3.8, 4) is 0 Å². The van der Waals surface area contributed by atoms with Crippen LogP contribution < -0.4 is 4.46 Å². The summed E-state index contributed by atoms with van der Waals surface area (Å²) in [4.78, 5) is 13.2. The quantitative estimate of drug-likeness (QED) is 0.768. The number of carbonyl (C=O) groups excluding carboxylic acids is 1. The van der Waals surface area contributed by atoms with E-state index in [-0.39, 0.29) is 10.8 Å². The first-order chi connectivity index (χ1) is 8.46. The summed E-state index contributed by atoms with van der Waals surface area (Å²) in [6.45, 7) is 6.55. The van der Waals surface area contributed by atoms with Crippen molar-refractivity contribution in [2.75, 3.05) is 0 Å². The molecule has 2 saturated carbocycles. The van der Waals surface area contributed by atoms with Crippen molar-refractivity contribution in [3.63, 3.8) is 0 Å². The molecule has 1 aromatic rings. The molecule has 2 aliphatic carbocycles. The Morgan fingerprint density at radius 1 is 1.17 bits per heavy atom. The van der Waals surface area contributed by atoms with Gasteiger partial charge in [0.25, 0.3) is 0 Å². The third-order valence-corrected chi connectivity index (χ3v) is 8.46. The summed E-state index contributed by atoms with van der Waals surface area (Å²) in [6.07, 6.45) is 2.35. The van der Waals surface area contributed by atoms with Gasteiger partial charge in [-0.25, -0.2) is 0 Å². The van der Waals surface area contributed by atoms with Gasteiger partial charge in [0.05, 0.1) is 0 Å². The molecule has 96 valence electrons. The van der Waals surface area contributed by atoms with Crippen LogP contribution in [0.1, 0.15) is 33.6 Å². The topological polar surface area (TPSA) is 17.1 Å². The molecule has 0 heterocycles. The fraction of sp³-hybridized carbons (Fsp3) is 0.562. The summed E-state index contributed by atoms with van der Waals surface area (Å²) >= 11 is 0.431. The number of carbonyl (C=O) groups is 1. The van der Waals surface area contributed by atoms with Gasteiger partial charge in [-0.1, -0.05) is 0 Å². The second kappa shape index (κ2) is 3.95. The minimum atomic E-state index is -0.0891. The zero-order valence-electron chi connectivity index (χ0n) is 11.3. The number of benzene rings is 1. The molecule has 2 aliphatic rings. The Kier molecular flexibility index (Phi) is 2.73. The van der Waals surface area contributed by atoms with Gasteiger partial charge in [0.2, 0.25) is 0 Å². The van der Waals surface area contributed by atoms with Gasteiger partial charge in [0.1, 0.15) is 0 Å². The van der Waals surface area contributed by atoms with E-state index < -0.39 is 0 Å². The molecule has 18 heavy (non-hydrogen) atoms. The molecule has 0 N–H and O–H groups in total. The molecule has 0 aliphatic heterocycles. The molecule has 1 nitrogen and oxygen atoms in total. The van der Waals surface area contributed by atoms with E-state index >= 15 is 0 Å². The predicted molar refractivity (Wildman–Crippen MR) is 75.2 cm³/mol. The Labute approximate surface area is 116 Å². The fourth-order valence-corrected chi connectivity index (χ4v) is 7.57. The number of rotatable bonds is 2. The summed E-state index contributed by atoms with van der Waals surface area (Å²) in [5, 5.41) is 0. The third kappa shape index (κ3) is 1.55. The first kappa shape index (κ1) is 12.4. The van der Waals surface area contributed by atoms with Crippen LogP contribution in [0.4, 0.5) is 0 Å². The summed E-state index contributed by atoms with van der Waals surface area (Å²) < 4.78 is 1.44. The SMILES string of the molecule is CC1(C)C(=O)[C@]2(C)CC[C@H]1[C@H]2[Se]c1ccccc1. The van der Waals surface area contributed by atoms with Crippen LogP contribution in [0.3, 0.4) is 0 Å². The molecule has 2 heteroatoms. The summed E-state index contributed by atoms with van der Waals surface area (Å²) in [7, 11) is 0. The maximum absolute atomic E-state index is 12.6. The van der Waals surface area contributed by atoms with Crippen LogP contribution in [0.2, 0.25) is 4.82 Å². The number of Topliss-reactive ketones (excluding diaryl/α,β-unsaturated/α-hetero) is 1. The number of fused-ring (bicyclic) bond motifs is 2. The van der Waals surface area contributed by atoms with E-state index in [1.807, 2.05) is 0 Å². The van der Waals surface area contributed by atoms with Crippen LogP contribution in [0, 0.1) is 16.7 Å². The molecule has 2 fully saturated rings. The Morgan fingerprint density at radius 2 is 1.83 bits per heavy atom. The minimum absolute atomic E-state index is 0.0377. The van der Waals surface area contributed by atoms with E-state index in [9.17, 15) is 4.79 Å². The van der Waals surface area contributed by atoms with Crippen molar-refractivity contribution in [2.24, 2.45) is 16.7 Å². The van der Waals surface area contributed by atoms with Crippen molar-refractivity contribution in [3.05, 3.63) is 30.3 Å². The van der Waals surface area contributed by atoms with E-state index in [1.54, 1.807) is 0 Å². The normalized spacial score (nSPS) is 37.2. The van der Waals surface area contributed by atoms with E-state index in [4.69, 9.17) is 0 Å². The number of hydrogen-bond donors (Lipinski definition) is 0. The number of hydrogen-bond acceptors (Lipinski definition) is 1. The van der Waals surface area contributed by atoms with Crippen LogP contribution in [0.25, 0.3) is 0 Å². The molecule has 0 radical (unpaired) electrons. The zero-order valence-corrected chi connectivity index (χ0v) is 13.0. The van der Waals surface area contributed by atoms with Crippen LogP contribution in [-0.4, -0.2) is 20.7 Å². The van der Waals surface area contributed by atoms with Gasteiger partial charge in [-0.3, -0.25) is 0 Å².